The van der Waals surface area contributed by atoms with Crippen LogP contribution in [-0.4, -0.2) is 54.0 Å². The molecule has 14 heavy (non-hydrogen) atoms. The number of hydrogen-bond acceptors (Lipinski definition) is 3. The Kier molecular flexibility index (Phi) is 8.27. The molecule has 84 valence electrons. The first-order valence-corrected chi connectivity index (χ1v) is 5.00. The van der Waals surface area contributed by atoms with Gasteiger partial charge < -0.3 is 20.4 Å². The van der Waals surface area contributed by atoms with Crippen molar-refractivity contribution in [1.29, 1.82) is 0 Å². The number of aliphatic hydroxyl groups excluding tert-OH is 2. The molecule has 0 unspecified atom stereocenters. The van der Waals surface area contributed by atoms with E-state index in [1.807, 2.05) is 6.92 Å². The zero-order valence-electron chi connectivity index (χ0n) is 8.70. The van der Waals surface area contributed by atoms with E-state index in [9.17, 15) is 4.79 Å². The van der Waals surface area contributed by atoms with Crippen molar-refractivity contribution in [2.45, 2.75) is 19.8 Å². The van der Waals surface area contributed by atoms with Crippen molar-refractivity contribution in [2.75, 3.05) is 32.8 Å². The number of unbranched alkanes of at least 4 members (excludes halogenated alkanes) is 1. The van der Waals surface area contributed by atoms with E-state index in [0.29, 0.717) is 6.54 Å². The molecule has 3 N–H and O–H groups in total. The first kappa shape index (κ1) is 13.2. The van der Waals surface area contributed by atoms with Crippen molar-refractivity contribution in [1.82, 2.24) is 10.2 Å². The summed E-state index contributed by atoms with van der Waals surface area (Å²) in [6.45, 7) is 3.05. The summed E-state index contributed by atoms with van der Waals surface area (Å²) >= 11 is 0. The fourth-order valence-electron chi connectivity index (χ4n) is 1.04. The number of hydrogen-bond donors (Lipinski definition) is 3. The second kappa shape index (κ2) is 8.77. The van der Waals surface area contributed by atoms with Crippen molar-refractivity contribution < 1.29 is 15.0 Å². The number of rotatable bonds is 7. The number of aliphatic hydroxyl groups is 2. The van der Waals surface area contributed by atoms with E-state index in [1.54, 1.807) is 0 Å². The topological polar surface area (TPSA) is 72.8 Å². The molecule has 0 aliphatic heterocycles. The summed E-state index contributed by atoms with van der Waals surface area (Å²) in [5.74, 6) is 0. The lowest BCUT2D eigenvalue weighted by Gasteiger charge is -2.20. The van der Waals surface area contributed by atoms with E-state index in [0.717, 1.165) is 12.8 Å². The molecule has 0 spiro atoms. The van der Waals surface area contributed by atoms with Crippen molar-refractivity contribution in [3.8, 4) is 0 Å². The van der Waals surface area contributed by atoms with E-state index in [-0.39, 0.29) is 32.3 Å². The third-order valence-corrected chi connectivity index (χ3v) is 1.83. The van der Waals surface area contributed by atoms with Gasteiger partial charge in [0, 0.05) is 19.6 Å². The second-order valence-electron chi connectivity index (χ2n) is 3.02. The van der Waals surface area contributed by atoms with Crippen LogP contribution < -0.4 is 5.32 Å². The van der Waals surface area contributed by atoms with Crippen LogP contribution in [-0.2, 0) is 0 Å². The predicted molar refractivity (Wildman–Crippen MR) is 54.1 cm³/mol. The Morgan fingerprint density at radius 3 is 2.29 bits per heavy atom. The van der Waals surface area contributed by atoms with E-state index >= 15 is 0 Å². The Hall–Kier alpha value is -0.810. The van der Waals surface area contributed by atoms with Crippen molar-refractivity contribution in [2.24, 2.45) is 0 Å². The molecular weight excluding hydrogens is 184 g/mol. The predicted octanol–water partition coefficient (Wildman–Crippen LogP) is -0.217. The number of nitrogens with zero attached hydrogens (tertiary/aromatic N) is 1. The summed E-state index contributed by atoms with van der Waals surface area (Å²) in [5.41, 5.74) is 0. The number of nitrogens with one attached hydrogen (secondary N) is 1. The minimum Gasteiger partial charge on any atom is -0.395 e. The number of amides is 2. The Balaban J connectivity index is 3.76. The lowest BCUT2D eigenvalue weighted by Crippen LogP contribution is -2.43. The third-order valence-electron chi connectivity index (χ3n) is 1.83. The van der Waals surface area contributed by atoms with Crippen LogP contribution >= 0.6 is 0 Å². The molecule has 0 aromatic heterocycles. The summed E-state index contributed by atoms with van der Waals surface area (Å²) in [7, 11) is 0. The van der Waals surface area contributed by atoms with Gasteiger partial charge in [-0.05, 0) is 6.42 Å². The molecule has 0 saturated carbocycles. The van der Waals surface area contributed by atoms with Crippen LogP contribution in [0.5, 0.6) is 0 Å². The van der Waals surface area contributed by atoms with Gasteiger partial charge in [-0.15, -0.1) is 0 Å². The van der Waals surface area contributed by atoms with Crippen molar-refractivity contribution >= 4 is 6.03 Å². The maximum absolute atomic E-state index is 11.4. The van der Waals surface area contributed by atoms with Crippen LogP contribution in [0.15, 0.2) is 0 Å². The Labute approximate surface area is 84.7 Å². The fraction of sp³-hybridized carbons (Fsp3) is 0.889. The molecule has 0 aromatic carbocycles. The van der Waals surface area contributed by atoms with Crippen LogP contribution in [0, 0.1) is 0 Å². The molecule has 2 amide bonds. The summed E-state index contributed by atoms with van der Waals surface area (Å²) in [4.78, 5) is 12.8. The van der Waals surface area contributed by atoms with Crippen LogP contribution in [0.4, 0.5) is 4.79 Å². The van der Waals surface area contributed by atoms with Gasteiger partial charge >= 0.3 is 6.03 Å². The average molecular weight is 204 g/mol. The maximum Gasteiger partial charge on any atom is 0.317 e. The van der Waals surface area contributed by atoms with Gasteiger partial charge in [0.2, 0.25) is 0 Å². The van der Waals surface area contributed by atoms with E-state index in [4.69, 9.17) is 10.2 Å². The molecule has 0 saturated heterocycles. The van der Waals surface area contributed by atoms with Crippen LogP contribution in [0.1, 0.15) is 19.8 Å². The first-order chi connectivity index (χ1) is 6.76. The van der Waals surface area contributed by atoms with Crippen LogP contribution in [0.25, 0.3) is 0 Å². The lowest BCUT2D eigenvalue weighted by atomic mass is 10.3. The van der Waals surface area contributed by atoms with Crippen molar-refractivity contribution in [3.05, 3.63) is 0 Å². The summed E-state index contributed by atoms with van der Waals surface area (Å²) < 4.78 is 0. The molecule has 0 aliphatic rings. The Morgan fingerprint density at radius 1 is 1.29 bits per heavy atom. The maximum atomic E-state index is 11.4. The number of urea groups is 1. The Morgan fingerprint density at radius 2 is 1.86 bits per heavy atom. The number of carbonyl (C=O) groups is 1. The third kappa shape index (κ3) is 5.77. The van der Waals surface area contributed by atoms with Crippen molar-refractivity contribution in [3.63, 3.8) is 0 Å². The second-order valence-corrected chi connectivity index (χ2v) is 3.02. The lowest BCUT2D eigenvalue weighted by molar-refractivity contribution is 0.158. The normalized spacial score (nSPS) is 9.93. The average Bonchev–Trinajstić information content (AvgIpc) is 2.18. The molecule has 5 heteroatoms. The zero-order valence-corrected chi connectivity index (χ0v) is 8.70. The molecule has 0 aromatic rings. The Bertz CT molecular complexity index is 147. The molecule has 0 rings (SSSR count). The smallest absolute Gasteiger partial charge is 0.317 e. The highest BCUT2D eigenvalue weighted by Crippen LogP contribution is 1.90. The highest BCUT2D eigenvalue weighted by Gasteiger charge is 2.10. The van der Waals surface area contributed by atoms with Gasteiger partial charge in [-0.3, -0.25) is 0 Å². The van der Waals surface area contributed by atoms with E-state index in [2.05, 4.69) is 5.32 Å². The zero-order chi connectivity index (χ0) is 10.8. The highest BCUT2D eigenvalue weighted by atomic mass is 16.3. The molecule has 0 aliphatic carbocycles. The molecule has 0 radical (unpaired) electrons. The molecule has 0 fully saturated rings. The largest absolute Gasteiger partial charge is 0.395 e. The van der Waals surface area contributed by atoms with Gasteiger partial charge in [0.1, 0.15) is 0 Å². The molecule has 0 bridgehead atoms. The van der Waals surface area contributed by atoms with Gasteiger partial charge in [0.15, 0.2) is 0 Å². The first-order valence-electron chi connectivity index (χ1n) is 5.00. The fourth-order valence-corrected chi connectivity index (χ4v) is 1.04. The number of carbonyl (C=O) groups excluding carboxylic acids is 1. The van der Waals surface area contributed by atoms with E-state index < -0.39 is 0 Å². The van der Waals surface area contributed by atoms with Gasteiger partial charge in [-0.2, -0.15) is 0 Å². The summed E-state index contributed by atoms with van der Waals surface area (Å²) in [6.07, 6.45) is 1.97. The SMILES string of the molecule is CCCCNC(=O)N(CCO)CCO. The quantitative estimate of drug-likeness (QED) is 0.502. The van der Waals surface area contributed by atoms with Gasteiger partial charge in [0.25, 0.3) is 0 Å². The minimum atomic E-state index is -0.221. The van der Waals surface area contributed by atoms with E-state index in [1.165, 1.54) is 4.90 Å². The standard InChI is InChI=1S/C9H20N2O3/c1-2-3-4-10-9(14)11(5-7-12)6-8-13/h12-13H,2-8H2,1H3,(H,10,14). The molecule has 0 heterocycles. The summed E-state index contributed by atoms with van der Waals surface area (Å²) in [6, 6.07) is -0.221. The molecular formula is C9H20N2O3. The van der Waals surface area contributed by atoms with Gasteiger partial charge in [-0.25, -0.2) is 4.79 Å². The monoisotopic (exact) mass is 204 g/mol. The molecule has 5 nitrogen and oxygen atoms in total. The molecule has 0 atom stereocenters. The highest BCUT2D eigenvalue weighted by molar-refractivity contribution is 5.74. The van der Waals surface area contributed by atoms with Gasteiger partial charge in [-0.1, -0.05) is 13.3 Å². The van der Waals surface area contributed by atoms with Crippen LogP contribution in [0.3, 0.4) is 0 Å². The minimum absolute atomic E-state index is 0.0821. The van der Waals surface area contributed by atoms with Gasteiger partial charge in [0.05, 0.1) is 13.2 Å². The summed E-state index contributed by atoms with van der Waals surface area (Å²) in [5, 5.41) is 20.1. The van der Waals surface area contributed by atoms with Crippen LogP contribution in [0.2, 0.25) is 0 Å².